The Morgan fingerprint density at radius 3 is 2.29 bits per heavy atom. The molecule has 0 bridgehead atoms. The van der Waals surface area contributed by atoms with Gasteiger partial charge in [0.1, 0.15) is 0 Å². The fourth-order valence-corrected chi connectivity index (χ4v) is 2.70. The molecule has 0 saturated carbocycles. The lowest BCUT2D eigenvalue weighted by molar-refractivity contribution is -0.682. The number of anilines is 1. The van der Waals surface area contributed by atoms with E-state index in [1.165, 1.54) is 10.9 Å². The minimum absolute atomic E-state index is 0.0289. The highest BCUT2D eigenvalue weighted by atomic mass is 16.1. The van der Waals surface area contributed by atoms with E-state index in [0.717, 1.165) is 11.1 Å². The minimum atomic E-state index is -0.0289. The van der Waals surface area contributed by atoms with Gasteiger partial charge < -0.3 is 5.32 Å². The Morgan fingerprint density at radius 1 is 0.958 bits per heavy atom. The number of hydrogen-bond acceptors (Lipinski definition) is 1. The van der Waals surface area contributed by atoms with Gasteiger partial charge in [-0.1, -0.05) is 51.1 Å². The molecular formula is C21H23N2O+. The zero-order valence-corrected chi connectivity index (χ0v) is 14.4. The topological polar surface area (TPSA) is 33.0 Å². The fraction of sp³-hybridized carbons (Fsp3) is 0.238. The van der Waals surface area contributed by atoms with Crippen LogP contribution < -0.4 is 9.88 Å². The molecule has 1 aromatic heterocycles. The summed E-state index contributed by atoms with van der Waals surface area (Å²) in [5.41, 5.74) is 2.20. The second-order valence-corrected chi connectivity index (χ2v) is 7.12. The predicted molar refractivity (Wildman–Crippen MR) is 97.9 cm³/mol. The van der Waals surface area contributed by atoms with Crippen molar-refractivity contribution >= 4 is 22.4 Å². The lowest BCUT2D eigenvalue weighted by atomic mass is 9.87. The first kappa shape index (κ1) is 16.2. The monoisotopic (exact) mass is 319 g/mol. The molecule has 122 valence electrons. The Kier molecular flexibility index (Phi) is 4.34. The van der Waals surface area contributed by atoms with Crippen molar-refractivity contribution in [3.8, 4) is 0 Å². The van der Waals surface area contributed by atoms with Crippen LogP contribution in [0, 0.1) is 0 Å². The van der Waals surface area contributed by atoms with Crippen molar-refractivity contribution in [3.05, 3.63) is 72.6 Å². The second-order valence-electron chi connectivity index (χ2n) is 7.12. The molecule has 24 heavy (non-hydrogen) atoms. The van der Waals surface area contributed by atoms with E-state index >= 15 is 0 Å². The van der Waals surface area contributed by atoms with Gasteiger partial charge in [0.05, 0.1) is 0 Å². The molecule has 1 heterocycles. The number of nitrogens with zero attached hydrogens (tertiary/aromatic N) is 1. The molecular weight excluding hydrogens is 296 g/mol. The third-order valence-electron chi connectivity index (χ3n) is 4.11. The summed E-state index contributed by atoms with van der Waals surface area (Å²) in [7, 11) is 0. The van der Waals surface area contributed by atoms with Crippen molar-refractivity contribution in [3.63, 3.8) is 0 Å². The van der Waals surface area contributed by atoms with Crippen LogP contribution in [0.2, 0.25) is 0 Å². The number of carbonyl (C=O) groups is 1. The first-order valence-corrected chi connectivity index (χ1v) is 8.20. The van der Waals surface area contributed by atoms with E-state index in [9.17, 15) is 4.79 Å². The lowest BCUT2D eigenvalue weighted by Gasteiger charge is -2.19. The third-order valence-corrected chi connectivity index (χ3v) is 4.11. The van der Waals surface area contributed by atoms with Crippen LogP contribution in [-0.2, 0) is 16.8 Å². The van der Waals surface area contributed by atoms with Crippen molar-refractivity contribution in [2.45, 2.75) is 32.7 Å². The van der Waals surface area contributed by atoms with Crippen molar-refractivity contribution in [2.24, 2.45) is 0 Å². The maximum atomic E-state index is 12.3. The number of carbonyl (C=O) groups excluding carboxylic acids is 1. The van der Waals surface area contributed by atoms with Gasteiger partial charge in [-0.15, -0.1) is 0 Å². The number of aromatic nitrogens is 1. The lowest BCUT2D eigenvalue weighted by Crippen LogP contribution is -2.39. The molecule has 0 fully saturated rings. The van der Waals surface area contributed by atoms with Crippen molar-refractivity contribution in [1.29, 1.82) is 0 Å². The molecule has 3 aromatic rings. The van der Waals surface area contributed by atoms with Crippen LogP contribution in [0.1, 0.15) is 26.3 Å². The van der Waals surface area contributed by atoms with E-state index in [1.807, 2.05) is 47.3 Å². The molecule has 3 nitrogen and oxygen atoms in total. The van der Waals surface area contributed by atoms with E-state index in [1.54, 1.807) is 0 Å². The van der Waals surface area contributed by atoms with Crippen molar-refractivity contribution < 1.29 is 9.36 Å². The highest BCUT2D eigenvalue weighted by Crippen LogP contribution is 2.23. The van der Waals surface area contributed by atoms with Crippen LogP contribution in [-0.4, -0.2) is 5.91 Å². The molecule has 0 atom stereocenters. The minimum Gasteiger partial charge on any atom is -0.321 e. The van der Waals surface area contributed by atoms with Gasteiger partial charge in [0.25, 0.3) is 5.91 Å². The zero-order valence-electron chi connectivity index (χ0n) is 14.4. The molecule has 0 radical (unpaired) electrons. The Hall–Kier alpha value is -2.68. The number of amides is 1. The highest BCUT2D eigenvalue weighted by molar-refractivity contribution is 5.89. The smallest absolute Gasteiger partial charge is 0.290 e. The first-order valence-electron chi connectivity index (χ1n) is 8.20. The van der Waals surface area contributed by atoms with Crippen LogP contribution in [0.3, 0.4) is 0 Å². The van der Waals surface area contributed by atoms with Crippen molar-refractivity contribution in [2.75, 3.05) is 5.32 Å². The maximum absolute atomic E-state index is 12.3. The quantitative estimate of drug-likeness (QED) is 0.726. The number of rotatable bonds is 3. The van der Waals surface area contributed by atoms with Gasteiger partial charge in [-0.25, -0.2) is 0 Å². The SMILES string of the molecule is CC(C)(C)c1ccc(NC(=O)C[n+]2ccc3ccccc3c2)cc1. The zero-order chi connectivity index (χ0) is 17.2. The van der Waals surface area contributed by atoms with Gasteiger partial charge in [-0.05, 0) is 34.6 Å². The number of fused-ring (bicyclic) bond motifs is 1. The van der Waals surface area contributed by atoms with E-state index in [-0.39, 0.29) is 11.3 Å². The first-order chi connectivity index (χ1) is 11.4. The van der Waals surface area contributed by atoms with Crippen LogP contribution in [0.5, 0.6) is 0 Å². The predicted octanol–water partition coefficient (Wildman–Crippen LogP) is 4.06. The number of pyridine rings is 1. The van der Waals surface area contributed by atoms with E-state index < -0.39 is 0 Å². The average Bonchev–Trinajstić information content (AvgIpc) is 2.54. The average molecular weight is 319 g/mol. The highest BCUT2D eigenvalue weighted by Gasteiger charge is 2.14. The molecule has 0 aliphatic heterocycles. The molecule has 0 unspecified atom stereocenters. The number of hydrogen-bond donors (Lipinski definition) is 1. The molecule has 3 heteroatoms. The van der Waals surface area contributed by atoms with E-state index in [4.69, 9.17) is 0 Å². The largest absolute Gasteiger partial charge is 0.321 e. The molecule has 3 rings (SSSR count). The molecule has 1 amide bonds. The summed E-state index contributed by atoms with van der Waals surface area (Å²) in [4.78, 5) is 12.3. The number of benzene rings is 2. The third kappa shape index (κ3) is 3.80. The molecule has 2 aromatic carbocycles. The number of nitrogens with one attached hydrogen (secondary N) is 1. The summed E-state index contributed by atoms with van der Waals surface area (Å²) in [6, 6.07) is 18.2. The summed E-state index contributed by atoms with van der Waals surface area (Å²) in [5.74, 6) is -0.0289. The Morgan fingerprint density at radius 2 is 1.62 bits per heavy atom. The van der Waals surface area contributed by atoms with E-state index in [0.29, 0.717) is 6.54 Å². The normalized spacial score (nSPS) is 11.5. The van der Waals surface area contributed by atoms with Crippen LogP contribution in [0.4, 0.5) is 5.69 Å². The molecule has 0 spiro atoms. The van der Waals surface area contributed by atoms with E-state index in [2.05, 4.69) is 50.4 Å². The van der Waals surface area contributed by atoms with Gasteiger partial charge in [0.15, 0.2) is 12.4 Å². The van der Waals surface area contributed by atoms with Gasteiger partial charge in [0.2, 0.25) is 6.54 Å². The van der Waals surface area contributed by atoms with Crippen molar-refractivity contribution in [1.82, 2.24) is 0 Å². The summed E-state index contributed by atoms with van der Waals surface area (Å²) in [6.07, 6.45) is 3.93. The molecule has 1 N–H and O–H groups in total. The Bertz CT molecular complexity index is 861. The van der Waals surface area contributed by atoms with Gasteiger partial charge in [-0.2, -0.15) is 4.57 Å². The summed E-state index contributed by atoms with van der Waals surface area (Å²) in [6.45, 7) is 6.83. The summed E-state index contributed by atoms with van der Waals surface area (Å²) < 4.78 is 1.90. The van der Waals surface area contributed by atoms with Gasteiger partial charge in [0, 0.05) is 17.1 Å². The van der Waals surface area contributed by atoms with Crippen LogP contribution >= 0.6 is 0 Å². The van der Waals surface area contributed by atoms with Crippen LogP contribution in [0.15, 0.2) is 67.0 Å². The maximum Gasteiger partial charge on any atom is 0.290 e. The van der Waals surface area contributed by atoms with Crippen LogP contribution in [0.25, 0.3) is 10.8 Å². The molecule has 0 saturated heterocycles. The second kappa shape index (κ2) is 6.44. The summed E-state index contributed by atoms with van der Waals surface area (Å²) >= 11 is 0. The Balaban J connectivity index is 1.68. The van der Waals surface area contributed by atoms with Gasteiger partial charge >= 0.3 is 0 Å². The summed E-state index contributed by atoms with van der Waals surface area (Å²) in [5, 5.41) is 5.26. The molecule has 0 aliphatic rings. The molecule has 0 aliphatic carbocycles. The van der Waals surface area contributed by atoms with Gasteiger partial charge in [-0.3, -0.25) is 4.79 Å². The Labute approximate surface area is 143 Å². The fourth-order valence-electron chi connectivity index (χ4n) is 2.70. The standard InChI is InChI=1S/C21H22N2O/c1-21(2,3)18-8-10-19(11-9-18)22-20(24)15-23-13-12-16-6-4-5-7-17(16)14-23/h4-14H,15H2,1-3H3/p+1.